The second kappa shape index (κ2) is 6.19. The highest BCUT2D eigenvalue weighted by Crippen LogP contribution is 2.22. The van der Waals surface area contributed by atoms with Crippen LogP contribution in [0.3, 0.4) is 0 Å². The van der Waals surface area contributed by atoms with Gasteiger partial charge in [0.2, 0.25) is 5.91 Å². The van der Waals surface area contributed by atoms with Crippen LogP contribution in [-0.4, -0.2) is 20.7 Å². The number of halogens is 1. The molecule has 3 N–H and O–H groups in total. The minimum atomic E-state index is -0.0888. The van der Waals surface area contributed by atoms with Crippen LogP contribution in [-0.2, 0) is 11.3 Å². The molecule has 2 rings (SSSR count). The van der Waals surface area contributed by atoms with Crippen molar-refractivity contribution in [3.8, 4) is 0 Å². The van der Waals surface area contributed by atoms with Crippen molar-refractivity contribution in [1.82, 2.24) is 14.8 Å². The van der Waals surface area contributed by atoms with Crippen molar-refractivity contribution in [3.63, 3.8) is 0 Å². The van der Waals surface area contributed by atoms with E-state index in [0.29, 0.717) is 35.8 Å². The van der Waals surface area contributed by atoms with E-state index in [1.165, 1.54) is 6.33 Å². The van der Waals surface area contributed by atoms with E-state index in [1.54, 1.807) is 29.2 Å². The average molecular weight is 280 g/mol. The summed E-state index contributed by atoms with van der Waals surface area (Å²) in [4.78, 5) is 15.6. The molecule has 0 atom stereocenters. The Hall–Kier alpha value is -2.08. The lowest BCUT2D eigenvalue weighted by atomic mass is 10.2. The Morgan fingerprint density at radius 2 is 2.32 bits per heavy atom. The van der Waals surface area contributed by atoms with Crippen LogP contribution in [0.5, 0.6) is 0 Å². The van der Waals surface area contributed by atoms with Crippen LogP contribution < -0.4 is 11.1 Å². The first kappa shape index (κ1) is 13.4. The monoisotopic (exact) mass is 279 g/mol. The fraction of sp³-hybridized carbons (Fsp3) is 0.250. The number of amides is 1. The first-order chi connectivity index (χ1) is 9.15. The summed E-state index contributed by atoms with van der Waals surface area (Å²) in [5.74, 6) is -0.0888. The maximum atomic E-state index is 11.7. The number of nitrogens with one attached hydrogen (secondary N) is 1. The number of carbonyl (C=O) groups is 1. The van der Waals surface area contributed by atoms with E-state index >= 15 is 0 Å². The van der Waals surface area contributed by atoms with Crippen molar-refractivity contribution < 1.29 is 4.79 Å². The zero-order valence-corrected chi connectivity index (χ0v) is 11.0. The molecule has 0 bridgehead atoms. The van der Waals surface area contributed by atoms with Crippen molar-refractivity contribution in [2.45, 2.75) is 19.4 Å². The molecule has 0 aliphatic heterocycles. The van der Waals surface area contributed by atoms with Crippen molar-refractivity contribution in [2.24, 2.45) is 0 Å². The van der Waals surface area contributed by atoms with Gasteiger partial charge in [-0.15, -0.1) is 0 Å². The third-order valence-corrected chi connectivity index (χ3v) is 2.78. The van der Waals surface area contributed by atoms with Gasteiger partial charge in [0.25, 0.3) is 0 Å². The second-order valence-corrected chi connectivity index (χ2v) is 4.48. The Balaban J connectivity index is 1.80. The lowest BCUT2D eigenvalue weighted by Gasteiger charge is -2.08. The van der Waals surface area contributed by atoms with Crippen LogP contribution in [0, 0.1) is 0 Å². The number of aryl methyl sites for hydroxylation is 1. The van der Waals surface area contributed by atoms with E-state index in [1.807, 2.05) is 0 Å². The van der Waals surface area contributed by atoms with E-state index < -0.39 is 0 Å². The van der Waals surface area contributed by atoms with Crippen molar-refractivity contribution in [2.75, 3.05) is 11.1 Å². The van der Waals surface area contributed by atoms with E-state index in [0.717, 1.165) is 0 Å². The van der Waals surface area contributed by atoms with Crippen LogP contribution in [0.4, 0.5) is 11.4 Å². The summed E-state index contributed by atoms with van der Waals surface area (Å²) in [5, 5.41) is 7.25. The molecule has 0 aliphatic rings. The minimum Gasteiger partial charge on any atom is -0.397 e. The predicted octanol–water partition coefficient (Wildman–Crippen LogP) is 1.93. The van der Waals surface area contributed by atoms with Gasteiger partial charge in [0.15, 0.2) is 0 Å². The van der Waals surface area contributed by atoms with Gasteiger partial charge in [-0.3, -0.25) is 9.48 Å². The number of hydrogen-bond donors (Lipinski definition) is 2. The van der Waals surface area contributed by atoms with Crippen LogP contribution in [0.25, 0.3) is 0 Å². The molecule has 1 heterocycles. The van der Waals surface area contributed by atoms with Crippen molar-refractivity contribution in [1.29, 1.82) is 0 Å². The van der Waals surface area contributed by atoms with Crippen molar-refractivity contribution in [3.05, 3.63) is 35.9 Å². The number of hydrogen-bond acceptors (Lipinski definition) is 4. The molecule has 100 valence electrons. The van der Waals surface area contributed by atoms with E-state index in [9.17, 15) is 4.79 Å². The third kappa shape index (κ3) is 3.96. The lowest BCUT2D eigenvalue weighted by Crippen LogP contribution is -2.13. The molecule has 19 heavy (non-hydrogen) atoms. The highest BCUT2D eigenvalue weighted by Gasteiger charge is 2.05. The Bertz CT molecular complexity index is 555. The largest absolute Gasteiger partial charge is 0.397 e. The molecular formula is C12H14ClN5O. The second-order valence-electron chi connectivity index (χ2n) is 4.04. The van der Waals surface area contributed by atoms with Crippen LogP contribution in [0.15, 0.2) is 30.9 Å². The molecule has 7 heteroatoms. The molecule has 0 spiro atoms. The average Bonchev–Trinajstić information content (AvgIpc) is 2.86. The Kier molecular flexibility index (Phi) is 4.35. The maximum Gasteiger partial charge on any atom is 0.224 e. The molecule has 0 saturated heterocycles. The number of nitrogens with zero attached hydrogens (tertiary/aromatic N) is 3. The van der Waals surface area contributed by atoms with Gasteiger partial charge in [-0.2, -0.15) is 5.10 Å². The van der Waals surface area contributed by atoms with Crippen LogP contribution >= 0.6 is 11.6 Å². The summed E-state index contributed by atoms with van der Waals surface area (Å²) in [6.45, 7) is 0.656. The summed E-state index contributed by atoms with van der Waals surface area (Å²) in [7, 11) is 0. The summed E-state index contributed by atoms with van der Waals surface area (Å²) in [5.41, 5.74) is 6.79. The van der Waals surface area contributed by atoms with Gasteiger partial charge in [-0.05, 0) is 24.6 Å². The smallest absolute Gasteiger partial charge is 0.224 e. The molecule has 0 fully saturated rings. The molecule has 1 aromatic heterocycles. The zero-order valence-electron chi connectivity index (χ0n) is 10.2. The molecule has 0 unspecified atom stereocenters. The molecule has 0 radical (unpaired) electrons. The van der Waals surface area contributed by atoms with Gasteiger partial charge in [-0.1, -0.05) is 11.6 Å². The third-order valence-electron chi connectivity index (χ3n) is 2.55. The van der Waals surface area contributed by atoms with Crippen LogP contribution in [0.1, 0.15) is 12.8 Å². The summed E-state index contributed by atoms with van der Waals surface area (Å²) < 4.78 is 1.68. The van der Waals surface area contributed by atoms with E-state index in [4.69, 9.17) is 17.3 Å². The van der Waals surface area contributed by atoms with E-state index in [-0.39, 0.29) is 5.91 Å². The maximum absolute atomic E-state index is 11.7. The number of nitrogens with two attached hydrogens (primary N) is 1. The van der Waals surface area contributed by atoms with Crippen LogP contribution in [0.2, 0.25) is 5.02 Å². The SMILES string of the molecule is Nc1cc(Cl)ccc1NC(=O)CCCn1cncn1. The van der Waals surface area contributed by atoms with Gasteiger partial charge in [-0.25, -0.2) is 4.98 Å². The molecular weight excluding hydrogens is 266 g/mol. The lowest BCUT2D eigenvalue weighted by molar-refractivity contribution is -0.116. The Morgan fingerprint density at radius 1 is 1.47 bits per heavy atom. The van der Waals surface area contributed by atoms with E-state index in [2.05, 4.69) is 15.4 Å². The Morgan fingerprint density at radius 3 is 3.00 bits per heavy atom. The highest BCUT2D eigenvalue weighted by molar-refractivity contribution is 6.31. The molecule has 2 aromatic rings. The summed E-state index contributed by atoms with van der Waals surface area (Å²) in [6.07, 6.45) is 4.16. The molecule has 1 amide bonds. The normalized spacial score (nSPS) is 10.4. The molecule has 0 saturated carbocycles. The first-order valence-electron chi connectivity index (χ1n) is 5.82. The predicted molar refractivity (Wildman–Crippen MR) is 73.8 cm³/mol. The number of aromatic nitrogens is 3. The summed E-state index contributed by atoms with van der Waals surface area (Å²) >= 11 is 5.79. The number of carbonyl (C=O) groups excluding carboxylic acids is 1. The fourth-order valence-corrected chi connectivity index (χ4v) is 1.79. The van der Waals surface area contributed by atoms with Gasteiger partial charge in [0.05, 0.1) is 11.4 Å². The molecule has 1 aromatic carbocycles. The number of nitrogen functional groups attached to an aromatic ring is 1. The van der Waals surface area contributed by atoms with Gasteiger partial charge < -0.3 is 11.1 Å². The van der Waals surface area contributed by atoms with Crippen molar-refractivity contribution >= 4 is 28.9 Å². The minimum absolute atomic E-state index is 0.0888. The highest BCUT2D eigenvalue weighted by atomic mass is 35.5. The van der Waals surface area contributed by atoms with Gasteiger partial charge >= 0.3 is 0 Å². The number of rotatable bonds is 5. The standard InChI is InChI=1S/C12H14ClN5O/c13-9-3-4-11(10(14)6-9)17-12(19)2-1-5-18-8-15-7-16-18/h3-4,6-8H,1-2,5,14H2,(H,17,19). The number of benzene rings is 1. The fourth-order valence-electron chi connectivity index (χ4n) is 1.61. The number of anilines is 2. The zero-order chi connectivity index (χ0) is 13.7. The molecule has 0 aliphatic carbocycles. The first-order valence-corrected chi connectivity index (χ1v) is 6.20. The quantitative estimate of drug-likeness (QED) is 0.819. The summed E-state index contributed by atoms with van der Waals surface area (Å²) in [6, 6.07) is 4.97. The molecule has 6 nitrogen and oxygen atoms in total. The Labute approximate surface area is 115 Å². The van der Waals surface area contributed by atoms with Gasteiger partial charge in [0.1, 0.15) is 12.7 Å². The topological polar surface area (TPSA) is 85.8 Å². The van der Waals surface area contributed by atoms with Gasteiger partial charge in [0, 0.05) is 18.0 Å².